The smallest absolute Gasteiger partial charge is 0.336 e. The standard InChI is InChI=1S/C33H29BrN2O3.C33H29N3O5/c1-20-22(3)36(19-23-8-10-25(11-9-23)28-6-4-5-7-29(28)33(38)39)31-17-14-26(18-30(20)31)32(37)35-21(2)24-12-15-27(34)16-13-24;1-20-22(3)35(19-23-8-10-25(11-9-23)28-6-4-5-7-29(28)33(38)39)31-17-14-26(18-30(20)31)32(37)34-21(2)24-12-15-27(16-13-24)36(40)41/h4-18,21H,19H2,1-3H3,(H,35,37)(H,38,39);4-18,21H,19H2,1-3H3,(H,34,37)(H,38,39)/t2*21-/m00/s1. The van der Waals surface area contributed by atoms with Crippen molar-refractivity contribution in [3.8, 4) is 22.3 Å². The van der Waals surface area contributed by atoms with Crippen molar-refractivity contribution in [1.29, 1.82) is 0 Å². The Morgan fingerprint density at radius 1 is 0.525 bits per heavy atom. The maximum absolute atomic E-state index is 13.1. The highest BCUT2D eigenvalue weighted by Gasteiger charge is 2.20. The van der Waals surface area contributed by atoms with Crippen LogP contribution in [-0.4, -0.2) is 48.0 Å². The first-order valence-electron chi connectivity index (χ1n) is 26.0. The van der Waals surface area contributed by atoms with Crippen LogP contribution in [0.25, 0.3) is 44.1 Å². The number of carbonyl (C=O) groups excluding carboxylic acids is 2. The minimum absolute atomic E-state index is 0.00699. The summed E-state index contributed by atoms with van der Waals surface area (Å²) in [6.45, 7) is 13.4. The molecule has 10 rings (SSSR count). The summed E-state index contributed by atoms with van der Waals surface area (Å²) in [5.74, 6) is -2.21. The molecule has 0 fully saturated rings. The largest absolute Gasteiger partial charge is 0.478 e. The van der Waals surface area contributed by atoms with Gasteiger partial charge in [0.05, 0.1) is 28.1 Å². The van der Waals surface area contributed by atoms with Gasteiger partial charge in [0.25, 0.3) is 17.5 Å². The molecule has 80 heavy (non-hydrogen) atoms. The van der Waals surface area contributed by atoms with E-state index in [1.54, 1.807) is 36.4 Å². The number of carbonyl (C=O) groups is 4. The van der Waals surface area contributed by atoms with Crippen molar-refractivity contribution in [3.05, 3.63) is 264 Å². The molecule has 0 radical (unpaired) electrons. The minimum Gasteiger partial charge on any atom is -0.478 e. The first-order chi connectivity index (χ1) is 38.4. The van der Waals surface area contributed by atoms with Gasteiger partial charge in [-0.05, 0) is 158 Å². The summed E-state index contributed by atoms with van der Waals surface area (Å²) >= 11 is 3.45. The lowest BCUT2D eigenvalue weighted by molar-refractivity contribution is -0.384. The molecule has 2 aromatic heterocycles. The van der Waals surface area contributed by atoms with Gasteiger partial charge in [0, 0.05) is 74.0 Å². The Balaban J connectivity index is 0.000000194. The van der Waals surface area contributed by atoms with Crippen LogP contribution in [0.15, 0.2) is 186 Å². The molecular weight excluding hydrogens is 1070 g/mol. The summed E-state index contributed by atoms with van der Waals surface area (Å²) in [4.78, 5) is 59.9. The summed E-state index contributed by atoms with van der Waals surface area (Å²) in [5.41, 5.74) is 15.4. The number of aromatic carboxylic acids is 2. The average molecular weight is 1130 g/mol. The molecule has 0 saturated carbocycles. The van der Waals surface area contributed by atoms with E-state index in [4.69, 9.17) is 0 Å². The average Bonchev–Trinajstić information content (AvgIpc) is 4.00. The van der Waals surface area contributed by atoms with Crippen molar-refractivity contribution in [2.45, 2.75) is 66.7 Å². The summed E-state index contributed by atoms with van der Waals surface area (Å²) in [7, 11) is 0. The van der Waals surface area contributed by atoms with Crippen molar-refractivity contribution < 1.29 is 34.3 Å². The Hall–Kier alpha value is -9.40. The van der Waals surface area contributed by atoms with Gasteiger partial charge in [-0.2, -0.15) is 0 Å². The van der Waals surface area contributed by atoms with Crippen LogP contribution in [0, 0.1) is 37.8 Å². The zero-order valence-electron chi connectivity index (χ0n) is 45.0. The van der Waals surface area contributed by atoms with Crippen molar-refractivity contribution in [3.63, 3.8) is 0 Å². The van der Waals surface area contributed by atoms with Crippen LogP contribution in [-0.2, 0) is 13.1 Å². The highest BCUT2D eigenvalue weighted by Crippen LogP contribution is 2.32. The number of hydrogen-bond acceptors (Lipinski definition) is 6. The number of benzene rings is 8. The maximum Gasteiger partial charge on any atom is 0.336 e. The summed E-state index contributed by atoms with van der Waals surface area (Å²) in [6, 6.07) is 55.2. The van der Waals surface area contributed by atoms with Crippen molar-refractivity contribution in [1.82, 2.24) is 19.8 Å². The third-order valence-corrected chi connectivity index (χ3v) is 15.5. The van der Waals surface area contributed by atoms with Crippen molar-refractivity contribution in [2.75, 3.05) is 0 Å². The number of nitro benzene ring substituents is 1. The molecule has 0 aliphatic heterocycles. The fraction of sp³-hybridized carbons (Fsp3) is 0.152. The van der Waals surface area contributed by atoms with Gasteiger partial charge in [-0.3, -0.25) is 19.7 Å². The topological polar surface area (TPSA) is 186 Å². The molecule has 2 heterocycles. The first-order valence-corrected chi connectivity index (χ1v) is 26.8. The summed E-state index contributed by atoms with van der Waals surface area (Å²) in [6.07, 6.45) is 0. The number of fused-ring (bicyclic) bond motifs is 2. The molecule has 0 unspecified atom stereocenters. The van der Waals surface area contributed by atoms with Gasteiger partial charge in [0.1, 0.15) is 0 Å². The molecule has 13 nitrogen and oxygen atoms in total. The normalized spacial score (nSPS) is 11.8. The monoisotopic (exact) mass is 1130 g/mol. The number of amides is 2. The number of non-ortho nitro benzene ring substituents is 1. The molecule has 10 aromatic rings. The molecule has 2 atom stereocenters. The van der Waals surface area contributed by atoms with Crippen LogP contribution < -0.4 is 10.6 Å². The number of halogens is 1. The molecule has 0 aliphatic rings. The van der Waals surface area contributed by atoms with Crippen LogP contribution in [0.2, 0.25) is 0 Å². The molecular formula is C66H58BrN5O8. The zero-order valence-corrected chi connectivity index (χ0v) is 46.5. The predicted octanol–water partition coefficient (Wildman–Crippen LogP) is 15.0. The number of nitrogens with one attached hydrogen (secondary N) is 2. The summed E-state index contributed by atoms with van der Waals surface area (Å²) in [5, 5.41) is 38.1. The van der Waals surface area contributed by atoms with Gasteiger partial charge in [-0.25, -0.2) is 9.59 Å². The van der Waals surface area contributed by atoms with Gasteiger partial charge in [0.2, 0.25) is 0 Å². The number of aryl methyl sites for hydroxylation is 2. The zero-order chi connectivity index (χ0) is 56.9. The summed E-state index contributed by atoms with van der Waals surface area (Å²) < 4.78 is 5.48. The number of aromatic nitrogens is 2. The van der Waals surface area contributed by atoms with E-state index >= 15 is 0 Å². The Labute approximate surface area is 471 Å². The molecule has 4 N–H and O–H groups in total. The number of rotatable bonds is 15. The van der Waals surface area contributed by atoms with Crippen LogP contribution in [0.3, 0.4) is 0 Å². The van der Waals surface area contributed by atoms with Gasteiger partial charge < -0.3 is 30.0 Å². The Morgan fingerprint density at radius 2 is 0.900 bits per heavy atom. The quantitative estimate of drug-likeness (QED) is 0.0577. The first kappa shape index (κ1) is 55.4. The van der Waals surface area contributed by atoms with Gasteiger partial charge in [0.15, 0.2) is 0 Å². The third-order valence-electron chi connectivity index (χ3n) is 15.0. The predicted molar refractivity (Wildman–Crippen MR) is 318 cm³/mol. The van der Waals surface area contributed by atoms with Crippen molar-refractivity contribution >= 4 is 67.2 Å². The van der Waals surface area contributed by atoms with E-state index in [0.717, 1.165) is 82.2 Å². The molecule has 8 aromatic carbocycles. The molecule has 14 heteroatoms. The number of carboxylic acid groups (broad SMARTS) is 2. The van der Waals surface area contributed by atoms with E-state index in [1.807, 2.05) is 154 Å². The van der Waals surface area contributed by atoms with Gasteiger partial charge >= 0.3 is 11.9 Å². The van der Waals surface area contributed by atoms with Gasteiger partial charge in [-0.15, -0.1) is 0 Å². The molecule has 0 spiro atoms. The lowest BCUT2D eigenvalue weighted by Gasteiger charge is -2.15. The van der Waals surface area contributed by atoms with E-state index in [2.05, 4.69) is 56.5 Å². The Bertz CT molecular complexity index is 3990. The lowest BCUT2D eigenvalue weighted by Crippen LogP contribution is -2.26. The van der Waals surface area contributed by atoms with Crippen LogP contribution >= 0.6 is 15.9 Å². The van der Waals surface area contributed by atoms with Crippen molar-refractivity contribution in [2.24, 2.45) is 0 Å². The van der Waals surface area contributed by atoms with E-state index in [0.29, 0.717) is 40.9 Å². The molecule has 2 amide bonds. The second kappa shape index (κ2) is 23.7. The highest BCUT2D eigenvalue weighted by atomic mass is 79.9. The fourth-order valence-corrected chi connectivity index (χ4v) is 10.4. The van der Waals surface area contributed by atoms with E-state index in [9.17, 15) is 39.5 Å². The number of hydrogen-bond donors (Lipinski definition) is 4. The third kappa shape index (κ3) is 11.9. The molecule has 0 bridgehead atoms. The molecule has 402 valence electrons. The molecule has 0 saturated heterocycles. The number of carboxylic acids is 2. The van der Waals surface area contributed by atoms with Crippen LogP contribution in [0.1, 0.15) is 112 Å². The van der Waals surface area contributed by atoms with Crippen LogP contribution in [0.5, 0.6) is 0 Å². The molecule has 0 aliphatic carbocycles. The highest BCUT2D eigenvalue weighted by molar-refractivity contribution is 9.10. The SMILES string of the molecule is Cc1c(C)n(Cc2ccc(-c3ccccc3C(=O)O)cc2)c2ccc(C(=O)N[C@@H](C)c3ccc(Br)cc3)cc12.Cc1c(C)n(Cc2ccc(-c3ccccc3C(=O)O)cc2)c2ccc(C(=O)N[C@@H](C)c3ccc([N+](=O)[O-])cc3)cc12. The second-order valence-corrected chi connectivity index (χ2v) is 20.9. The number of nitrogens with zero attached hydrogens (tertiary/aromatic N) is 3. The minimum atomic E-state index is -0.955. The van der Waals surface area contributed by atoms with E-state index in [1.165, 1.54) is 12.1 Å². The number of nitro groups is 1. The maximum atomic E-state index is 13.1. The van der Waals surface area contributed by atoms with E-state index in [-0.39, 0.29) is 35.1 Å². The van der Waals surface area contributed by atoms with Crippen LogP contribution in [0.4, 0.5) is 5.69 Å². The van der Waals surface area contributed by atoms with E-state index < -0.39 is 16.9 Å². The second-order valence-electron chi connectivity index (χ2n) is 19.9. The van der Waals surface area contributed by atoms with Gasteiger partial charge in [-0.1, -0.05) is 125 Å². The Morgan fingerprint density at radius 3 is 1.27 bits per heavy atom. The fourth-order valence-electron chi connectivity index (χ4n) is 10.1. The Kier molecular flexibility index (Phi) is 16.4. The lowest BCUT2D eigenvalue weighted by atomic mass is 9.99.